The highest BCUT2D eigenvalue weighted by molar-refractivity contribution is 7.14. The van der Waals surface area contributed by atoms with E-state index in [0.29, 0.717) is 24.8 Å². The number of aromatic nitrogens is 1. The van der Waals surface area contributed by atoms with Crippen molar-refractivity contribution < 1.29 is 22.7 Å². The Morgan fingerprint density at radius 3 is 2.81 bits per heavy atom. The maximum absolute atomic E-state index is 12.6. The number of carbonyl (C=O) groups excluding carboxylic acids is 1. The largest absolute Gasteiger partial charge is 0.492 e. The standard InChI is InChI=1S/C17H20F3N3O2S/c1-3-23(12(2)24)16-22-14(11-26-16)10-21-7-8-25-15-6-4-5-13(9-15)17(18,19)20/h4-6,9,11,21H,3,7-8,10H2,1-2H3. The molecule has 26 heavy (non-hydrogen) atoms. The van der Waals surface area contributed by atoms with E-state index in [1.807, 2.05) is 12.3 Å². The van der Waals surface area contributed by atoms with Crippen LogP contribution in [0.2, 0.25) is 0 Å². The molecule has 0 aliphatic rings. The number of alkyl halides is 3. The third-order valence-corrected chi connectivity index (χ3v) is 4.39. The summed E-state index contributed by atoms with van der Waals surface area (Å²) in [6.45, 7) is 5.10. The zero-order chi connectivity index (χ0) is 19.2. The van der Waals surface area contributed by atoms with E-state index in [2.05, 4.69) is 10.3 Å². The number of ether oxygens (including phenoxy) is 1. The quantitative estimate of drug-likeness (QED) is 0.702. The highest BCUT2D eigenvalue weighted by atomic mass is 32.1. The Morgan fingerprint density at radius 1 is 1.38 bits per heavy atom. The number of benzene rings is 1. The average molecular weight is 387 g/mol. The summed E-state index contributed by atoms with van der Waals surface area (Å²) < 4.78 is 43.2. The van der Waals surface area contributed by atoms with Crippen molar-refractivity contribution in [2.75, 3.05) is 24.6 Å². The van der Waals surface area contributed by atoms with Crippen molar-refractivity contribution in [3.8, 4) is 5.75 Å². The van der Waals surface area contributed by atoms with Gasteiger partial charge in [0.2, 0.25) is 5.91 Å². The fourth-order valence-corrected chi connectivity index (χ4v) is 3.15. The minimum atomic E-state index is -4.38. The first-order chi connectivity index (χ1) is 12.3. The topological polar surface area (TPSA) is 54.5 Å². The van der Waals surface area contributed by atoms with Crippen LogP contribution in [-0.2, 0) is 17.5 Å². The van der Waals surface area contributed by atoms with Crippen molar-refractivity contribution in [1.29, 1.82) is 0 Å². The van der Waals surface area contributed by atoms with Gasteiger partial charge in [0, 0.05) is 31.9 Å². The molecule has 0 bridgehead atoms. The first-order valence-electron chi connectivity index (χ1n) is 8.04. The lowest BCUT2D eigenvalue weighted by Gasteiger charge is -2.14. The average Bonchev–Trinajstić information content (AvgIpc) is 3.03. The van der Waals surface area contributed by atoms with Crippen molar-refractivity contribution in [2.45, 2.75) is 26.6 Å². The third-order valence-electron chi connectivity index (χ3n) is 3.48. The molecule has 1 aromatic carbocycles. The molecule has 1 heterocycles. The maximum Gasteiger partial charge on any atom is 0.416 e. The smallest absolute Gasteiger partial charge is 0.416 e. The Balaban J connectivity index is 1.76. The summed E-state index contributed by atoms with van der Waals surface area (Å²) >= 11 is 1.39. The molecule has 1 N–H and O–H groups in total. The molecule has 2 rings (SSSR count). The van der Waals surface area contributed by atoms with Crippen LogP contribution < -0.4 is 15.0 Å². The number of amides is 1. The van der Waals surface area contributed by atoms with Gasteiger partial charge in [0.05, 0.1) is 11.3 Å². The number of nitrogens with zero attached hydrogens (tertiary/aromatic N) is 2. The SMILES string of the molecule is CCN(C(C)=O)c1nc(CNCCOc2cccc(C(F)(F)F)c2)cs1. The van der Waals surface area contributed by atoms with Crippen LogP contribution in [0.25, 0.3) is 0 Å². The van der Waals surface area contributed by atoms with Crippen molar-refractivity contribution in [3.05, 3.63) is 40.9 Å². The van der Waals surface area contributed by atoms with E-state index in [1.165, 1.54) is 30.4 Å². The third kappa shape index (κ3) is 5.70. The Bertz CT molecular complexity index is 734. The molecule has 0 unspecified atom stereocenters. The van der Waals surface area contributed by atoms with Crippen LogP contribution in [0.5, 0.6) is 5.75 Å². The van der Waals surface area contributed by atoms with Gasteiger partial charge in [-0.3, -0.25) is 9.69 Å². The number of anilines is 1. The summed E-state index contributed by atoms with van der Waals surface area (Å²) in [6.07, 6.45) is -4.38. The van der Waals surface area contributed by atoms with Crippen LogP contribution in [0.1, 0.15) is 25.1 Å². The van der Waals surface area contributed by atoms with Crippen molar-refractivity contribution in [2.24, 2.45) is 0 Å². The fraction of sp³-hybridized carbons (Fsp3) is 0.412. The molecule has 0 aliphatic carbocycles. The van der Waals surface area contributed by atoms with Gasteiger partial charge in [-0.05, 0) is 25.1 Å². The van der Waals surface area contributed by atoms with Gasteiger partial charge in [0.1, 0.15) is 12.4 Å². The number of nitrogens with one attached hydrogen (secondary N) is 1. The van der Waals surface area contributed by atoms with E-state index in [4.69, 9.17) is 4.74 Å². The van der Waals surface area contributed by atoms with Gasteiger partial charge >= 0.3 is 6.18 Å². The molecular weight excluding hydrogens is 367 g/mol. The first-order valence-corrected chi connectivity index (χ1v) is 8.92. The highest BCUT2D eigenvalue weighted by Gasteiger charge is 2.30. The van der Waals surface area contributed by atoms with E-state index < -0.39 is 11.7 Å². The Kier molecular flexibility index (Phi) is 6.98. The summed E-state index contributed by atoms with van der Waals surface area (Å²) in [6, 6.07) is 4.79. The molecule has 142 valence electrons. The molecule has 0 spiro atoms. The van der Waals surface area contributed by atoms with E-state index >= 15 is 0 Å². The maximum atomic E-state index is 12.6. The predicted octanol–water partition coefficient (Wildman–Crippen LogP) is 3.70. The second-order valence-electron chi connectivity index (χ2n) is 5.44. The van der Waals surface area contributed by atoms with Crippen molar-refractivity contribution in [1.82, 2.24) is 10.3 Å². The minimum absolute atomic E-state index is 0.0594. The molecule has 2 aromatic rings. The Hall–Kier alpha value is -2.13. The summed E-state index contributed by atoms with van der Waals surface area (Å²) in [5.41, 5.74) is 0.0627. The van der Waals surface area contributed by atoms with Gasteiger partial charge in [-0.1, -0.05) is 6.07 Å². The summed E-state index contributed by atoms with van der Waals surface area (Å²) in [5, 5.41) is 5.62. The van der Waals surface area contributed by atoms with Gasteiger partial charge in [-0.2, -0.15) is 13.2 Å². The van der Waals surface area contributed by atoms with Crippen molar-refractivity contribution >= 4 is 22.4 Å². The summed E-state index contributed by atoms with van der Waals surface area (Å²) in [4.78, 5) is 17.5. The lowest BCUT2D eigenvalue weighted by atomic mass is 10.2. The number of rotatable bonds is 8. The van der Waals surface area contributed by atoms with Gasteiger partial charge in [0.15, 0.2) is 5.13 Å². The van der Waals surface area contributed by atoms with Gasteiger partial charge in [0.25, 0.3) is 0 Å². The Morgan fingerprint density at radius 2 is 2.15 bits per heavy atom. The molecule has 0 aliphatic heterocycles. The molecule has 0 atom stereocenters. The zero-order valence-electron chi connectivity index (χ0n) is 14.5. The lowest BCUT2D eigenvalue weighted by Crippen LogP contribution is -2.27. The van der Waals surface area contributed by atoms with Crippen LogP contribution in [-0.4, -0.2) is 30.6 Å². The monoisotopic (exact) mass is 387 g/mol. The molecule has 0 saturated carbocycles. The number of thiazole rings is 1. The highest BCUT2D eigenvalue weighted by Crippen LogP contribution is 2.31. The normalized spacial score (nSPS) is 11.4. The van der Waals surface area contributed by atoms with Crippen LogP contribution in [0.4, 0.5) is 18.3 Å². The van der Waals surface area contributed by atoms with Gasteiger partial charge in [-0.15, -0.1) is 11.3 Å². The van der Waals surface area contributed by atoms with E-state index in [9.17, 15) is 18.0 Å². The minimum Gasteiger partial charge on any atom is -0.492 e. The van der Waals surface area contributed by atoms with Crippen LogP contribution >= 0.6 is 11.3 Å². The summed E-state index contributed by atoms with van der Waals surface area (Å²) in [7, 11) is 0. The molecule has 5 nitrogen and oxygen atoms in total. The van der Waals surface area contributed by atoms with E-state index in [1.54, 1.807) is 4.90 Å². The molecule has 0 fully saturated rings. The van der Waals surface area contributed by atoms with Crippen LogP contribution in [0.15, 0.2) is 29.6 Å². The first kappa shape index (κ1) is 20.2. The summed E-state index contributed by atoms with van der Waals surface area (Å²) in [5.74, 6) is 0.119. The number of carbonyl (C=O) groups is 1. The predicted molar refractivity (Wildman–Crippen MR) is 94.5 cm³/mol. The molecule has 1 aromatic heterocycles. The molecule has 9 heteroatoms. The second kappa shape index (κ2) is 9.00. The molecular formula is C17H20F3N3O2S. The van der Waals surface area contributed by atoms with E-state index in [0.717, 1.165) is 17.8 Å². The number of hydrogen-bond donors (Lipinski definition) is 1. The number of halogens is 3. The van der Waals surface area contributed by atoms with Crippen molar-refractivity contribution in [3.63, 3.8) is 0 Å². The molecule has 1 amide bonds. The number of hydrogen-bond acceptors (Lipinski definition) is 5. The molecule has 0 radical (unpaired) electrons. The van der Waals surface area contributed by atoms with Gasteiger partial charge in [-0.25, -0.2) is 4.98 Å². The molecule has 0 saturated heterocycles. The lowest BCUT2D eigenvalue weighted by molar-refractivity contribution is -0.137. The van der Waals surface area contributed by atoms with Gasteiger partial charge < -0.3 is 10.1 Å². The van der Waals surface area contributed by atoms with Crippen LogP contribution in [0.3, 0.4) is 0 Å². The Labute approximate surface area is 153 Å². The fourth-order valence-electron chi connectivity index (χ4n) is 2.21. The van der Waals surface area contributed by atoms with Crippen LogP contribution in [0, 0.1) is 0 Å². The van der Waals surface area contributed by atoms with E-state index in [-0.39, 0.29) is 18.3 Å². The zero-order valence-corrected chi connectivity index (χ0v) is 15.3. The second-order valence-corrected chi connectivity index (χ2v) is 6.27.